The maximum atomic E-state index is 10.1. The molecule has 0 amide bonds. The highest BCUT2D eigenvalue weighted by Crippen LogP contribution is 2.38. The summed E-state index contributed by atoms with van der Waals surface area (Å²) in [6, 6.07) is 0. The van der Waals surface area contributed by atoms with Crippen LogP contribution in [0.1, 0.15) is 54.4 Å². The molecule has 1 aliphatic heterocycles. The smallest absolute Gasteiger partial charge is 0.0736 e. The highest BCUT2D eigenvalue weighted by molar-refractivity contribution is 5.07. The zero-order valence-corrected chi connectivity index (χ0v) is 10.4. The molecule has 0 bridgehead atoms. The first-order valence-electron chi connectivity index (χ1n) is 5.52. The molecule has 1 aliphatic rings. The largest absolute Gasteiger partial charge is 0.391 e. The first-order valence-corrected chi connectivity index (χ1v) is 5.52. The van der Waals surface area contributed by atoms with Gasteiger partial charge in [-0.1, -0.05) is 20.8 Å². The third-order valence-electron chi connectivity index (χ3n) is 2.96. The number of nitrogens with one attached hydrogen (secondary N) is 1. The van der Waals surface area contributed by atoms with E-state index in [0.29, 0.717) is 0 Å². The lowest BCUT2D eigenvalue weighted by Crippen LogP contribution is -2.51. The number of hydrogen-bond acceptors (Lipinski definition) is 2. The fraction of sp³-hybridized carbons (Fsp3) is 1.00. The lowest BCUT2D eigenvalue weighted by atomic mass is 9.79. The number of aliphatic hydroxyl groups excluding tert-OH is 1. The Balaban J connectivity index is 2.76. The van der Waals surface area contributed by atoms with Gasteiger partial charge < -0.3 is 10.4 Å². The molecular weight excluding hydrogens is 174 g/mol. The minimum Gasteiger partial charge on any atom is -0.391 e. The SMILES string of the molecule is CC(C)(C)CC1(C)NC(C)(C)CC1O. The summed E-state index contributed by atoms with van der Waals surface area (Å²) in [6.07, 6.45) is 1.63. The molecule has 1 rings (SSSR count). The van der Waals surface area contributed by atoms with Gasteiger partial charge in [0.15, 0.2) is 0 Å². The van der Waals surface area contributed by atoms with E-state index in [1.54, 1.807) is 0 Å². The van der Waals surface area contributed by atoms with E-state index in [1.165, 1.54) is 0 Å². The van der Waals surface area contributed by atoms with Gasteiger partial charge in [0.05, 0.1) is 6.10 Å². The van der Waals surface area contributed by atoms with Gasteiger partial charge in [0.25, 0.3) is 0 Å². The summed E-state index contributed by atoms with van der Waals surface area (Å²) in [4.78, 5) is 0. The quantitative estimate of drug-likeness (QED) is 0.679. The number of hydrogen-bond donors (Lipinski definition) is 2. The molecule has 2 heteroatoms. The monoisotopic (exact) mass is 199 g/mol. The molecule has 2 N–H and O–H groups in total. The summed E-state index contributed by atoms with van der Waals surface area (Å²) in [5.41, 5.74) is 0.199. The first kappa shape index (κ1) is 12.0. The standard InChI is InChI=1S/C12H25NO/c1-10(2,3)8-12(6)9(14)7-11(4,5)13-12/h9,13-14H,7-8H2,1-6H3. The summed E-state index contributed by atoms with van der Waals surface area (Å²) < 4.78 is 0. The molecule has 0 aromatic carbocycles. The molecule has 14 heavy (non-hydrogen) atoms. The topological polar surface area (TPSA) is 32.3 Å². The Labute approximate surface area is 88.1 Å². The minimum absolute atomic E-state index is 0.0689. The van der Waals surface area contributed by atoms with Crippen LogP contribution in [-0.4, -0.2) is 22.3 Å². The predicted octanol–water partition coefficient (Wildman–Crippen LogP) is 2.31. The van der Waals surface area contributed by atoms with Crippen LogP contribution in [0.5, 0.6) is 0 Å². The van der Waals surface area contributed by atoms with Gasteiger partial charge in [-0.05, 0) is 39.0 Å². The van der Waals surface area contributed by atoms with Crippen LogP contribution < -0.4 is 5.32 Å². The van der Waals surface area contributed by atoms with Crippen LogP contribution in [0.15, 0.2) is 0 Å². The van der Waals surface area contributed by atoms with Crippen LogP contribution in [-0.2, 0) is 0 Å². The molecule has 0 saturated carbocycles. The molecule has 0 aromatic heterocycles. The second kappa shape index (κ2) is 3.21. The molecule has 2 atom stereocenters. The molecule has 0 aromatic rings. The summed E-state index contributed by atoms with van der Waals surface area (Å²) >= 11 is 0. The molecule has 2 nitrogen and oxygen atoms in total. The third-order valence-corrected chi connectivity index (χ3v) is 2.96. The van der Waals surface area contributed by atoms with Crippen LogP contribution in [0, 0.1) is 5.41 Å². The van der Waals surface area contributed by atoms with Crippen LogP contribution in [0.25, 0.3) is 0 Å². The van der Waals surface area contributed by atoms with Gasteiger partial charge in [0.2, 0.25) is 0 Å². The van der Waals surface area contributed by atoms with Gasteiger partial charge in [-0.15, -0.1) is 0 Å². The number of aliphatic hydroxyl groups is 1. The van der Waals surface area contributed by atoms with Crippen molar-refractivity contribution in [2.24, 2.45) is 5.41 Å². The third kappa shape index (κ3) is 2.71. The Bertz CT molecular complexity index is 217. The second-order valence-corrected chi connectivity index (χ2v) is 6.88. The fourth-order valence-electron chi connectivity index (χ4n) is 2.88. The second-order valence-electron chi connectivity index (χ2n) is 6.88. The maximum Gasteiger partial charge on any atom is 0.0736 e. The lowest BCUT2D eigenvalue weighted by Gasteiger charge is -2.36. The van der Waals surface area contributed by atoms with Crippen molar-refractivity contribution >= 4 is 0 Å². The zero-order valence-electron chi connectivity index (χ0n) is 10.4. The van der Waals surface area contributed by atoms with Crippen LogP contribution in [0.2, 0.25) is 0 Å². The number of rotatable bonds is 1. The molecule has 1 saturated heterocycles. The Morgan fingerprint density at radius 2 is 1.79 bits per heavy atom. The Hall–Kier alpha value is -0.0800. The average Bonchev–Trinajstić information content (AvgIpc) is 1.94. The van der Waals surface area contributed by atoms with Gasteiger partial charge >= 0.3 is 0 Å². The van der Waals surface area contributed by atoms with Crippen LogP contribution >= 0.6 is 0 Å². The van der Waals surface area contributed by atoms with E-state index in [2.05, 4.69) is 46.9 Å². The van der Waals surface area contributed by atoms with Crippen molar-refractivity contribution < 1.29 is 5.11 Å². The summed E-state index contributed by atoms with van der Waals surface area (Å²) in [5, 5.41) is 13.6. The van der Waals surface area contributed by atoms with E-state index in [-0.39, 0.29) is 22.6 Å². The molecular formula is C12H25NO. The average molecular weight is 199 g/mol. The minimum atomic E-state index is -0.225. The van der Waals surface area contributed by atoms with Crippen molar-refractivity contribution in [1.29, 1.82) is 0 Å². The Morgan fingerprint density at radius 3 is 2.07 bits per heavy atom. The van der Waals surface area contributed by atoms with Gasteiger partial charge in [-0.2, -0.15) is 0 Å². The van der Waals surface area contributed by atoms with Gasteiger partial charge in [0.1, 0.15) is 0 Å². The molecule has 1 heterocycles. The Morgan fingerprint density at radius 1 is 1.29 bits per heavy atom. The molecule has 2 unspecified atom stereocenters. The van der Waals surface area contributed by atoms with Crippen molar-refractivity contribution in [3.63, 3.8) is 0 Å². The molecule has 84 valence electrons. The van der Waals surface area contributed by atoms with E-state index in [0.717, 1.165) is 12.8 Å². The lowest BCUT2D eigenvalue weighted by molar-refractivity contribution is 0.0786. The molecule has 0 aliphatic carbocycles. The predicted molar refractivity (Wildman–Crippen MR) is 60.3 cm³/mol. The van der Waals surface area contributed by atoms with Crippen molar-refractivity contribution in [2.75, 3.05) is 0 Å². The van der Waals surface area contributed by atoms with Gasteiger partial charge in [-0.3, -0.25) is 0 Å². The summed E-state index contributed by atoms with van der Waals surface area (Å²) in [5.74, 6) is 0. The van der Waals surface area contributed by atoms with Crippen molar-refractivity contribution in [2.45, 2.75) is 71.6 Å². The molecule has 1 fully saturated rings. The molecule has 0 radical (unpaired) electrons. The van der Waals surface area contributed by atoms with Crippen molar-refractivity contribution in [3.05, 3.63) is 0 Å². The van der Waals surface area contributed by atoms with E-state index < -0.39 is 0 Å². The highest BCUT2D eigenvalue weighted by atomic mass is 16.3. The fourth-order valence-corrected chi connectivity index (χ4v) is 2.88. The van der Waals surface area contributed by atoms with E-state index in [4.69, 9.17) is 0 Å². The van der Waals surface area contributed by atoms with E-state index >= 15 is 0 Å². The normalized spacial score (nSPS) is 37.5. The van der Waals surface area contributed by atoms with Crippen molar-refractivity contribution in [1.82, 2.24) is 5.32 Å². The summed E-state index contributed by atoms with van der Waals surface area (Å²) in [6.45, 7) is 13.1. The van der Waals surface area contributed by atoms with Crippen molar-refractivity contribution in [3.8, 4) is 0 Å². The van der Waals surface area contributed by atoms with Crippen LogP contribution in [0.4, 0.5) is 0 Å². The highest BCUT2D eigenvalue weighted by Gasteiger charge is 2.47. The van der Waals surface area contributed by atoms with E-state index in [9.17, 15) is 5.11 Å². The Kier molecular flexibility index (Phi) is 2.75. The van der Waals surface area contributed by atoms with Crippen LogP contribution in [0.3, 0.4) is 0 Å². The summed E-state index contributed by atoms with van der Waals surface area (Å²) in [7, 11) is 0. The molecule has 0 spiro atoms. The first-order chi connectivity index (χ1) is 6.04. The maximum absolute atomic E-state index is 10.1. The van der Waals surface area contributed by atoms with Gasteiger partial charge in [0, 0.05) is 11.1 Å². The zero-order chi connectivity index (χ0) is 11.2. The van der Waals surface area contributed by atoms with Gasteiger partial charge in [-0.25, -0.2) is 0 Å². The van der Waals surface area contributed by atoms with E-state index in [1.807, 2.05) is 0 Å².